The highest BCUT2D eigenvalue weighted by Gasteiger charge is 2.56. The minimum Gasteiger partial charge on any atom is -0.339 e. The summed E-state index contributed by atoms with van der Waals surface area (Å²) in [5, 5.41) is 8.85. The monoisotopic (exact) mass is 358 g/mol. The smallest absolute Gasteiger partial charge is 0.276 e. The molecule has 0 spiro atoms. The van der Waals surface area contributed by atoms with Crippen molar-refractivity contribution in [2.45, 2.75) is 58.2 Å². The van der Waals surface area contributed by atoms with Crippen molar-refractivity contribution in [3.8, 4) is 0 Å². The summed E-state index contributed by atoms with van der Waals surface area (Å²) in [5.74, 6) is -0.341. The molecule has 7 heteroatoms. The molecule has 2 amide bonds. The quantitative estimate of drug-likeness (QED) is 0.627. The van der Waals surface area contributed by atoms with Crippen molar-refractivity contribution in [2.24, 2.45) is 5.41 Å². The van der Waals surface area contributed by atoms with Crippen LogP contribution < -0.4 is 5.48 Å². The van der Waals surface area contributed by atoms with Gasteiger partial charge in [-0.3, -0.25) is 24.7 Å². The number of fused-ring (bicyclic) bond motifs is 2. The van der Waals surface area contributed by atoms with Crippen molar-refractivity contribution in [1.82, 2.24) is 20.3 Å². The van der Waals surface area contributed by atoms with Crippen LogP contribution in [0.1, 0.15) is 54.7 Å². The topological polar surface area (TPSA) is 85.8 Å². The lowest BCUT2D eigenvalue weighted by atomic mass is 9.69. The van der Waals surface area contributed by atoms with Gasteiger partial charge >= 0.3 is 0 Å². The van der Waals surface area contributed by atoms with E-state index in [1.54, 1.807) is 12.4 Å². The van der Waals surface area contributed by atoms with Crippen LogP contribution in [-0.2, 0) is 17.8 Å². The molecule has 0 radical (unpaired) electrons. The number of nitrogens with one attached hydrogen (secondary N) is 1. The van der Waals surface area contributed by atoms with Crippen LogP contribution in [0.4, 0.5) is 0 Å². The summed E-state index contributed by atoms with van der Waals surface area (Å²) >= 11 is 0. The van der Waals surface area contributed by atoms with Gasteiger partial charge in [-0.05, 0) is 30.9 Å². The molecule has 1 aromatic rings. The molecule has 2 N–H and O–H groups in total. The van der Waals surface area contributed by atoms with E-state index in [0.29, 0.717) is 17.6 Å². The number of pyridine rings is 1. The van der Waals surface area contributed by atoms with E-state index in [9.17, 15) is 9.59 Å². The molecule has 0 aromatic carbocycles. The Balaban J connectivity index is 1.53. The largest absolute Gasteiger partial charge is 0.339 e. The summed E-state index contributed by atoms with van der Waals surface area (Å²) in [4.78, 5) is 32.5. The average Bonchev–Trinajstić information content (AvgIpc) is 3.15. The number of hydroxylamine groups is 1. The van der Waals surface area contributed by atoms with E-state index < -0.39 is 5.91 Å². The van der Waals surface area contributed by atoms with Crippen LogP contribution >= 0.6 is 0 Å². The van der Waals surface area contributed by atoms with Crippen molar-refractivity contribution >= 4 is 11.8 Å². The van der Waals surface area contributed by atoms with Gasteiger partial charge in [0.2, 0.25) is 5.91 Å². The highest BCUT2D eigenvalue weighted by Crippen LogP contribution is 2.52. The average molecular weight is 358 g/mol. The van der Waals surface area contributed by atoms with Crippen LogP contribution in [0.2, 0.25) is 0 Å². The molecule has 5 rings (SSSR count). The van der Waals surface area contributed by atoms with Gasteiger partial charge < -0.3 is 4.90 Å². The van der Waals surface area contributed by atoms with Gasteiger partial charge in [0.1, 0.15) is 0 Å². The zero-order chi connectivity index (χ0) is 18.5. The number of hydrogen-bond acceptors (Lipinski definition) is 5. The SMILES string of the molecule is CC[C@H]1Cc2ncc(C(=O)NO)cc2CN1CC12CC(C1)N(C(C)=O)C2. The summed E-state index contributed by atoms with van der Waals surface area (Å²) in [6, 6.07) is 2.71. The van der Waals surface area contributed by atoms with Crippen molar-refractivity contribution in [1.29, 1.82) is 0 Å². The minimum atomic E-state index is -0.530. The summed E-state index contributed by atoms with van der Waals surface area (Å²) in [6.07, 6.45) is 5.68. The molecule has 1 atom stereocenters. The van der Waals surface area contributed by atoms with Crippen LogP contribution in [0.25, 0.3) is 0 Å². The predicted octanol–water partition coefficient (Wildman–Crippen LogP) is 1.35. The Bertz CT molecular complexity index is 744. The summed E-state index contributed by atoms with van der Waals surface area (Å²) in [7, 11) is 0. The highest BCUT2D eigenvalue weighted by molar-refractivity contribution is 5.93. The Morgan fingerprint density at radius 1 is 1.42 bits per heavy atom. The Kier molecular flexibility index (Phi) is 4.23. The molecule has 0 unspecified atom stereocenters. The number of aromatic nitrogens is 1. The van der Waals surface area contributed by atoms with Gasteiger partial charge in [-0.2, -0.15) is 0 Å². The normalized spacial score (nSPS) is 29.9. The molecule has 7 nitrogen and oxygen atoms in total. The second kappa shape index (κ2) is 6.32. The van der Waals surface area contributed by atoms with E-state index in [1.165, 1.54) is 6.20 Å². The van der Waals surface area contributed by atoms with E-state index in [4.69, 9.17) is 5.21 Å². The van der Waals surface area contributed by atoms with Gasteiger partial charge in [0, 0.05) is 62.4 Å². The zero-order valence-corrected chi connectivity index (χ0v) is 15.4. The minimum absolute atomic E-state index is 0.189. The standard InChI is InChI=1S/C19H26N4O3/c1-3-15-5-17-14(4-13(8-20-17)18(25)21-26)9-22(15)10-19-6-16(7-19)23(11-19)12(2)24/h4,8,15-16,26H,3,5-7,9-11H2,1-2H3,(H,21,25)/t15-,16?,19?/m0/s1. The third-order valence-corrected chi connectivity index (χ3v) is 6.44. The third kappa shape index (κ3) is 2.79. The number of rotatable bonds is 4. The van der Waals surface area contributed by atoms with Crippen molar-refractivity contribution in [3.05, 3.63) is 29.1 Å². The van der Waals surface area contributed by atoms with Crippen molar-refractivity contribution < 1.29 is 14.8 Å². The number of nitrogens with zero attached hydrogens (tertiary/aromatic N) is 3. The molecule has 3 aliphatic heterocycles. The molecule has 1 saturated carbocycles. The Morgan fingerprint density at radius 2 is 2.19 bits per heavy atom. The maximum absolute atomic E-state index is 11.8. The third-order valence-electron chi connectivity index (χ3n) is 6.44. The van der Waals surface area contributed by atoms with Gasteiger partial charge in [-0.25, -0.2) is 5.48 Å². The second-order valence-corrected chi connectivity index (χ2v) is 8.15. The van der Waals surface area contributed by atoms with E-state index in [0.717, 1.165) is 56.6 Å². The first-order valence-corrected chi connectivity index (χ1v) is 9.38. The second-order valence-electron chi connectivity index (χ2n) is 8.15. The Hall–Kier alpha value is -1.99. The summed E-state index contributed by atoms with van der Waals surface area (Å²) < 4.78 is 0. The number of hydrogen-bond donors (Lipinski definition) is 2. The molecule has 140 valence electrons. The molecular formula is C19H26N4O3. The fourth-order valence-corrected chi connectivity index (χ4v) is 5.09. The lowest BCUT2D eigenvalue weighted by Gasteiger charge is -2.45. The lowest BCUT2D eigenvalue weighted by Crippen LogP contribution is -2.49. The van der Waals surface area contributed by atoms with Gasteiger partial charge in [0.15, 0.2) is 0 Å². The molecule has 26 heavy (non-hydrogen) atoms. The molecule has 2 saturated heterocycles. The molecular weight excluding hydrogens is 332 g/mol. The number of carbonyl (C=O) groups is 2. The van der Waals surface area contributed by atoms with E-state index >= 15 is 0 Å². The molecule has 2 bridgehead atoms. The fraction of sp³-hybridized carbons (Fsp3) is 0.632. The van der Waals surface area contributed by atoms with Crippen LogP contribution in [0.15, 0.2) is 12.3 Å². The van der Waals surface area contributed by atoms with Crippen LogP contribution in [0, 0.1) is 5.41 Å². The lowest BCUT2D eigenvalue weighted by molar-refractivity contribution is -0.128. The van der Waals surface area contributed by atoms with Gasteiger partial charge in [0.25, 0.3) is 5.91 Å². The maximum atomic E-state index is 11.8. The zero-order valence-electron chi connectivity index (χ0n) is 15.4. The van der Waals surface area contributed by atoms with Gasteiger partial charge in [-0.15, -0.1) is 0 Å². The summed E-state index contributed by atoms with van der Waals surface area (Å²) in [6.45, 7) is 6.49. The van der Waals surface area contributed by atoms with Gasteiger partial charge in [-0.1, -0.05) is 6.92 Å². The summed E-state index contributed by atoms with van der Waals surface area (Å²) in [5.41, 5.74) is 4.39. The molecule has 3 fully saturated rings. The predicted molar refractivity (Wildman–Crippen MR) is 94.5 cm³/mol. The van der Waals surface area contributed by atoms with Gasteiger partial charge in [0.05, 0.1) is 5.56 Å². The first-order chi connectivity index (χ1) is 12.4. The molecule has 1 aliphatic carbocycles. The Morgan fingerprint density at radius 3 is 2.81 bits per heavy atom. The fourth-order valence-electron chi connectivity index (χ4n) is 5.09. The van der Waals surface area contributed by atoms with Crippen LogP contribution in [-0.4, -0.2) is 57.0 Å². The number of carbonyl (C=O) groups excluding carboxylic acids is 2. The first-order valence-electron chi connectivity index (χ1n) is 9.38. The van der Waals surface area contributed by atoms with Crippen molar-refractivity contribution in [2.75, 3.05) is 13.1 Å². The van der Waals surface area contributed by atoms with E-state index in [-0.39, 0.29) is 11.3 Å². The first kappa shape index (κ1) is 17.4. The van der Waals surface area contributed by atoms with E-state index in [2.05, 4.69) is 16.8 Å². The maximum Gasteiger partial charge on any atom is 0.276 e. The van der Waals surface area contributed by atoms with E-state index in [1.807, 2.05) is 11.0 Å². The molecule has 1 aromatic heterocycles. The van der Waals surface area contributed by atoms with Crippen LogP contribution in [0.5, 0.6) is 0 Å². The van der Waals surface area contributed by atoms with Crippen molar-refractivity contribution in [3.63, 3.8) is 0 Å². The molecule has 4 aliphatic rings. The number of amides is 2. The highest BCUT2D eigenvalue weighted by atomic mass is 16.5. The molecule has 4 heterocycles. The van der Waals surface area contributed by atoms with Crippen LogP contribution in [0.3, 0.4) is 0 Å². The Labute approximate surface area is 153 Å².